The Bertz CT molecular complexity index is 936. The van der Waals surface area contributed by atoms with Crippen LogP contribution in [0, 0.1) is 0 Å². The van der Waals surface area contributed by atoms with E-state index < -0.39 is 5.92 Å². The van der Waals surface area contributed by atoms with Gasteiger partial charge in [0.2, 0.25) is 0 Å². The fraction of sp³-hybridized carbons (Fsp3) is 0.368. The van der Waals surface area contributed by atoms with Crippen molar-refractivity contribution in [1.82, 2.24) is 15.0 Å². The van der Waals surface area contributed by atoms with Crippen LogP contribution in [0.1, 0.15) is 49.7 Å². The van der Waals surface area contributed by atoms with E-state index in [-0.39, 0.29) is 11.3 Å². The summed E-state index contributed by atoms with van der Waals surface area (Å²) >= 11 is 1.53. The number of thioether (sulfide) groups is 1. The number of allylic oxidation sites excluding steroid dienone is 2. The first-order valence-corrected chi connectivity index (χ1v) is 9.87. The van der Waals surface area contributed by atoms with Gasteiger partial charge in [-0.25, -0.2) is 4.98 Å². The van der Waals surface area contributed by atoms with Crippen LogP contribution >= 0.6 is 11.8 Å². The van der Waals surface area contributed by atoms with E-state index in [0.29, 0.717) is 28.5 Å². The van der Waals surface area contributed by atoms with Gasteiger partial charge in [0.05, 0.1) is 5.56 Å². The van der Waals surface area contributed by atoms with Crippen LogP contribution in [0.3, 0.4) is 0 Å². The molecule has 0 saturated heterocycles. The Morgan fingerprint density at radius 1 is 1.31 bits per heavy atom. The number of ketones is 1. The summed E-state index contributed by atoms with van der Waals surface area (Å²) in [4.78, 5) is 37.3. The van der Waals surface area contributed by atoms with E-state index in [1.54, 1.807) is 12.4 Å². The van der Waals surface area contributed by atoms with E-state index >= 15 is 0 Å². The quantitative estimate of drug-likeness (QED) is 0.636. The van der Waals surface area contributed by atoms with Gasteiger partial charge < -0.3 is 10.3 Å². The molecule has 2 aromatic rings. The highest BCUT2D eigenvalue weighted by Gasteiger charge is 2.37. The number of anilines is 1. The third-order valence-electron chi connectivity index (χ3n) is 4.70. The highest BCUT2D eigenvalue weighted by Crippen LogP contribution is 2.43. The number of H-pyrrole nitrogens is 1. The number of hydrogen-bond acceptors (Lipinski definition) is 6. The lowest BCUT2D eigenvalue weighted by Crippen LogP contribution is -2.32. The van der Waals surface area contributed by atoms with Crippen molar-refractivity contribution in [3.05, 3.63) is 57.3 Å². The monoisotopic (exact) mass is 368 g/mol. The molecule has 0 bridgehead atoms. The smallest absolute Gasteiger partial charge is 0.257 e. The second-order valence-electron chi connectivity index (χ2n) is 6.50. The molecule has 2 aromatic heterocycles. The number of fused-ring (bicyclic) bond motifs is 1. The summed E-state index contributed by atoms with van der Waals surface area (Å²) in [6, 6.07) is 3.75. The molecular formula is C19H20N4O2S. The van der Waals surface area contributed by atoms with E-state index in [1.807, 2.05) is 12.1 Å². The van der Waals surface area contributed by atoms with Crippen LogP contribution in [0.15, 0.2) is 45.7 Å². The number of nitrogens with one attached hydrogen (secondary N) is 2. The summed E-state index contributed by atoms with van der Waals surface area (Å²) in [5.74, 6) is 1.14. The van der Waals surface area contributed by atoms with Crippen LogP contribution in [-0.2, 0) is 4.79 Å². The van der Waals surface area contributed by atoms with Crippen LogP contribution in [-0.4, -0.2) is 26.5 Å². The third-order valence-corrected chi connectivity index (χ3v) is 5.78. The first-order valence-electron chi connectivity index (χ1n) is 8.89. The molecule has 26 heavy (non-hydrogen) atoms. The topological polar surface area (TPSA) is 87.7 Å². The van der Waals surface area contributed by atoms with Gasteiger partial charge in [0.25, 0.3) is 5.56 Å². The average molecular weight is 368 g/mol. The molecule has 134 valence electrons. The summed E-state index contributed by atoms with van der Waals surface area (Å²) < 4.78 is 0. The van der Waals surface area contributed by atoms with Crippen LogP contribution in [0.5, 0.6) is 0 Å². The zero-order valence-corrected chi connectivity index (χ0v) is 15.4. The van der Waals surface area contributed by atoms with Gasteiger partial charge >= 0.3 is 0 Å². The lowest BCUT2D eigenvalue weighted by atomic mass is 9.77. The number of aromatic nitrogens is 3. The molecule has 2 aliphatic rings. The largest absolute Gasteiger partial charge is 0.343 e. The lowest BCUT2D eigenvalue weighted by molar-refractivity contribution is -0.116. The molecule has 7 heteroatoms. The van der Waals surface area contributed by atoms with E-state index in [9.17, 15) is 9.59 Å². The lowest BCUT2D eigenvalue weighted by Gasteiger charge is -2.32. The minimum Gasteiger partial charge on any atom is -0.343 e. The summed E-state index contributed by atoms with van der Waals surface area (Å²) in [7, 11) is 0. The second-order valence-corrected chi connectivity index (χ2v) is 7.58. The number of hydrogen-bond donors (Lipinski definition) is 2. The number of rotatable bonds is 4. The van der Waals surface area contributed by atoms with Gasteiger partial charge in [0.1, 0.15) is 5.82 Å². The van der Waals surface area contributed by atoms with Crippen molar-refractivity contribution in [2.75, 3.05) is 11.1 Å². The summed E-state index contributed by atoms with van der Waals surface area (Å²) in [6.45, 7) is 2.09. The van der Waals surface area contributed by atoms with E-state index in [4.69, 9.17) is 0 Å². The fourth-order valence-electron chi connectivity index (χ4n) is 3.59. The molecule has 1 atom stereocenters. The van der Waals surface area contributed by atoms with Gasteiger partial charge in [-0.3, -0.25) is 14.6 Å². The second kappa shape index (κ2) is 7.07. The molecule has 3 heterocycles. The summed E-state index contributed by atoms with van der Waals surface area (Å²) in [6.07, 6.45) is 6.55. The SMILES string of the molecule is CCCSc1nc2c(c(=O)[nH]1)[C@H](c1cccnc1)C1=C(CCCC1=O)N2. The molecule has 0 radical (unpaired) electrons. The molecule has 0 unspecified atom stereocenters. The van der Waals surface area contributed by atoms with Crippen molar-refractivity contribution in [2.45, 2.75) is 43.7 Å². The normalized spacial score (nSPS) is 19.0. The van der Waals surface area contributed by atoms with E-state index in [0.717, 1.165) is 36.3 Å². The molecule has 0 aromatic carbocycles. The van der Waals surface area contributed by atoms with Gasteiger partial charge in [-0.15, -0.1) is 0 Å². The highest BCUT2D eigenvalue weighted by molar-refractivity contribution is 7.99. The minimum absolute atomic E-state index is 0.0992. The first-order chi connectivity index (χ1) is 12.7. The Balaban J connectivity index is 1.89. The molecule has 0 spiro atoms. The van der Waals surface area contributed by atoms with Crippen LogP contribution in [0.4, 0.5) is 5.82 Å². The highest BCUT2D eigenvalue weighted by atomic mass is 32.2. The van der Waals surface area contributed by atoms with Crippen molar-refractivity contribution in [3.8, 4) is 0 Å². The maximum absolute atomic E-state index is 12.9. The number of aromatic amines is 1. The number of carbonyl (C=O) groups excluding carboxylic acids is 1. The molecule has 6 nitrogen and oxygen atoms in total. The average Bonchev–Trinajstić information content (AvgIpc) is 2.65. The molecule has 2 N–H and O–H groups in total. The molecular weight excluding hydrogens is 348 g/mol. The van der Waals surface area contributed by atoms with Gasteiger partial charge in [-0.1, -0.05) is 24.8 Å². The van der Waals surface area contributed by atoms with E-state index in [2.05, 4.69) is 27.2 Å². The molecule has 0 fully saturated rings. The summed E-state index contributed by atoms with van der Waals surface area (Å²) in [5, 5.41) is 3.89. The first kappa shape index (κ1) is 17.0. The van der Waals surface area contributed by atoms with Crippen LogP contribution in [0.2, 0.25) is 0 Å². The van der Waals surface area contributed by atoms with Crippen molar-refractivity contribution in [1.29, 1.82) is 0 Å². The van der Waals surface area contributed by atoms with Crippen LogP contribution in [0.25, 0.3) is 0 Å². The van der Waals surface area contributed by atoms with Crippen molar-refractivity contribution in [2.24, 2.45) is 0 Å². The predicted molar refractivity (Wildman–Crippen MR) is 101 cm³/mol. The predicted octanol–water partition coefficient (Wildman–Crippen LogP) is 3.23. The standard InChI is InChI=1S/C19H20N4O2S/c1-2-9-26-19-22-17-16(18(25)23-19)14(11-5-4-8-20-10-11)15-12(21-17)6-3-7-13(15)24/h4-5,8,10,14H,2-3,6-7,9H2,1H3,(H2,21,22,23,25)/t14-/m1/s1. The molecule has 0 amide bonds. The van der Waals surface area contributed by atoms with Crippen molar-refractivity contribution in [3.63, 3.8) is 0 Å². The zero-order valence-electron chi connectivity index (χ0n) is 14.5. The maximum Gasteiger partial charge on any atom is 0.257 e. The van der Waals surface area contributed by atoms with Crippen LogP contribution < -0.4 is 10.9 Å². The Labute approximate surface area is 155 Å². The minimum atomic E-state index is -0.413. The van der Waals surface area contributed by atoms with E-state index in [1.165, 1.54) is 11.8 Å². The van der Waals surface area contributed by atoms with Gasteiger partial charge in [-0.2, -0.15) is 0 Å². The Hall–Kier alpha value is -2.41. The number of Topliss-reactive ketones (excluding diaryl/α,β-unsaturated/α-hetero) is 1. The number of carbonyl (C=O) groups is 1. The molecule has 1 aliphatic carbocycles. The number of pyridine rings is 1. The van der Waals surface area contributed by atoms with Crippen molar-refractivity contribution < 1.29 is 4.79 Å². The fourth-order valence-corrected chi connectivity index (χ4v) is 4.31. The maximum atomic E-state index is 12.9. The zero-order chi connectivity index (χ0) is 18.1. The van der Waals surface area contributed by atoms with Crippen molar-refractivity contribution >= 4 is 23.4 Å². The van der Waals surface area contributed by atoms with Gasteiger partial charge in [0, 0.05) is 41.8 Å². The molecule has 4 rings (SSSR count). The molecule has 0 saturated carbocycles. The molecule has 1 aliphatic heterocycles. The third kappa shape index (κ3) is 2.96. The Morgan fingerprint density at radius 3 is 2.96 bits per heavy atom. The van der Waals surface area contributed by atoms with Gasteiger partial charge in [0.15, 0.2) is 10.9 Å². The summed E-state index contributed by atoms with van der Waals surface area (Å²) in [5.41, 5.74) is 2.75. The Morgan fingerprint density at radius 2 is 2.19 bits per heavy atom. The van der Waals surface area contributed by atoms with Gasteiger partial charge in [-0.05, 0) is 30.9 Å². The number of nitrogens with zero attached hydrogens (tertiary/aromatic N) is 2. The Kier molecular flexibility index (Phi) is 4.63.